The summed E-state index contributed by atoms with van der Waals surface area (Å²) in [6, 6.07) is 11.3. The largest absolute Gasteiger partial charge is 0.496 e. The number of nitrogens with zero attached hydrogens (tertiary/aromatic N) is 1. The van der Waals surface area contributed by atoms with Crippen LogP contribution < -0.4 is 10.1 Å². The van der Waals surface area contributed by atoms with E-state index in [9.17, 15) is 4.79 Å². The second kappa shape index (κ2) is 6.54. The fraction of sp³-hybridized carbons (Fsp3) is 0.200. The van der Waals surface area contributed by atoms with Gasteiger partial charge in [-0.1, -0.05) is 24.3 Å². The van der Waals surface area contributed by atoms with Crippen molar-refractivity contribution < 1.29 is 9.53 Å². The molecule has 98 valence electrons. The second-order valence-electron chi connectivity index (χ2n) is 4.13. The number of hydrogen-bond donors (Lipinski definition) is 1. The summed E-state index contributed by atoms with van der Waals surface area (Å²) in [6.07, 6.45) is 3.72. The zero-order valence-electron chi connectivity index (χ0n) is 10.8. The van der Waals surface area contributed by atoms with E-state index in [1.54, 1.807) is 19.5 Å². The Kier molecular flexibility index (Phi) is 4.50. The van der Waals surface area contributed by atoms with Gasteiger partial charge in [-0.25, -0.2) is 0 Å². The van der Waals surface area contributed by atoms with Gasteiger partial charge in [0.2, 0.25) is 5.91 Å². The predicted molar refractivity (Wildman–Crippen MR) is 72.8 cm³/mol. The highest BCUT2D eigenvalue weighted by Gasteiger charge is 2.05. The summed E-state index contributed by atoms with van der Waals surface area (Å²) in [5.41, 5.74) is 1.87. The van der Waals surface area contributed by atoms with Crippen LogP contribution in [-0.2, 0) is 17.8 Å². The molecule has 0 fully saturated rings. The van der Waals surface area contributed by atoms with Gasteiger partial charge in [0.05, 0.1) is 13.5 Å². The molecule has 19 heavy (non-hydrogen) atoms. The molecule has 0 saturated heterocycles. The molecule has 0 atom stereocenters. The van der Waals surface area contributed by atoms with E-state index in [4.69, 9.17) is 4.74 Å². The van der Waals surface area contributed by atoms with Crippen molar-refractivity contribution in [3.8, 4) is 5.75 Å². The Labute approximate surface area is 112 Å². The number of rotatable bonds is 5. The Morgan fingerprint density at radius 3 is 2.84 bits per heavy atom. The highest BCUT2D eigenvalue weighted by molar-refractivity contribution is 5.78. The summed E-state index contributed by atoms with van der Waals surface area (Å²) in [7, 11) is 1.62. The normalized spacial score (nSPS) is 9.95. The predicted octanol–water partition coefficient (Wildman–Crippen LogP) is 1.95. The monoisotopic (exact) mass is 256 g/mol. The number of methoxy groups -OCH3 is 1. The van der Waals surface area contributed by atoms with Crippen molar-refractivity contribution >= 4 is 5.91 Å². The molecule has 4 nitrogen and oxygen atoms in total. The van der Waals surface area contributed by atoms with Crippen LogP contribution >= 0.6 is 0 Å². The smallest absolute Gasteiger partial charge is 0.224 e. The van der Waals surface area contributed by atoms with E-state index in [1.807, 2.05) is 36.4 Å². The van der Waals surface area contributed by atoms with Gasteiger partial charge in [0.15, 0.2) is 0 Å². The first-order chi connectivity index (χ1) is 9.29. The average Bonchev–Trinajstić information content (AvgIpc) is 2.46. The molecule has 1 aromatic carbocycles. The molecule has 4 heteroatoms. The van der Waals surface area contributed by atoms with Crippen LogP contribution in [0.2, 0.25) is 0 Å². The molecule has 2 rings (SSSR count). The van der Waals surface area contributed by atoms with E-state index < -0.39 is 0 Å². The first-order valence-electron chi connectivity index (χ1n) is 6.07. The van der Waals surface area contributed by atoms with Crippen LogP contribution in [0.5, 0.6) is 5.75 Å². The number of hydrogen-bond acceptors (Lipinski definition) is 3. The van der Waals surface area contributed by atoms with E-state index in [1.165, 1.54) is 0 Å². The molecule has 0 aliphatic rings. The molecule has 0 radical (unpaired) electrons. The average molecular weight is 256 g/mol. The van der Waals surface area contributed by atoms with Crippen LogP contribution in [0.15, 0.2) is 48.8 Å². The first-order valence-corrected chi connectivity index (χ1v) is 6.07. The number of ether oxygens (including phenoxy) is 1. The van der Waals surface area contributed by atoms with E-state index in [-0.39, 0.29) is 5.91 Å². The Morgan fingerprint density at radius 1 is 1.26 bits per heavy atom. The van der Waals surface area contributed by atoms with Crippen molar-refractivity contribution in [3.05, 3.63) is 59.9 Å². The Balaban J connectivity index is 1.90. The zero-order valence-corrected chi connectivity index (χ0v) is 10.8. The van der Waals surface area contributed by atoms with E-state index in [0.29, 0.717) is 13.0 Å². The Bertz CT molecular complexity index is 541. The number of nitrogens with one attached hydrogen (secondary N) is 1. The lowest BCUT2D eigenvalue weighted by atomic mass is 10.2. The molecule has 2 aromatic rings. The van der Waals surface area contributed by atoms with Crippen molar-refractivity contribution in [3.63, 3.8) is 0 Å². The van der Waals surface area contributed by atoms with Crippen LogP contribution in [0.3, 0.4) is 0 Å². The number of carbonyl (C=O) groups excluding carboxylic acids is 1. The summed E-state index contributed by atoms with van der Waals surface area (Å²) < 4.78 is 5.23. The van der Waals surface area contributed by atoms with Gasteiger partial charge >= 0.3 is 0 Å². The summed E-state index contributed by atoms with van der Waals surface area (Å²) in [5.74, 6) is 0.753. The van der Waals surface area contributed by atoms with Gasteiger partial charge in [0.1, 0.15) is 5.75 Å². The van der Waals surface area contributed by atoms with Crippen LogP contribution in [0.25, 0.3) is 0 Å². The van der Waals surface area contributed by atoms with Crippen molar-refractivity contribution in [1.82, 2.24) is 10.3 Å². The van der Waals surface area contributed by atoms with Gasteiger partial charge in [-0.15, -0.1) is 0 Å². The summed E-state index contributed by atoms with van der Waals surface area (Å²) in [4.78, 5) is 15.8. The lowest BCUT2D eigenvalue weighted by Gasteiger charge is -2.09. The maximum Gasteiger partial charge on any atom is 0.224 e. The topological polar surface area (TPSA) is 51.2 Å². The molecular formula is C15H16N2O2. The van der Waals surface area contributed by atoms with Crippen molar-refractivity contribution in [2.75, 3.05) is 7.11 Å². The van der Waals surface area contributed by atoms with Crippen LogP contribution in [0, 0.1) is 0 Å². The highest BCUT2D eigenvalue weighted by atomic mass is 16.5. The van der Waals surface area contributed by atoms with E-state index >= 15 is 0 Å². The number of benzene rings is 1. The van der Waals surface area contributed by atoms with Gasteiger partial charge in [0, 0.05) is 24.5 Å². The molecule has 1 heterocycles. The quantitative estimate of drug-likeness (QED) is 0.889. The van der Waals surface area contributed by atoms with Gasteiger partial charge in [-0.2, -0.15) is 0 Å². The molecule has 0 saturated carbocycles. The van der Waals surface area contributed by atoms with Crippen LogP contribution in [-0.4, -0.2) is 18.0 Å². The van der Waals surface area contributed by atoms with E-state index in [2.05, 4.69) is 10.3 Å². The Morgan fingerprint density at radius 2 is 2.11 bits per heavy atom. The maximum absolute atomic E-state index is 11.8. The fourth-order valence-corrected chi connectivity index (χ4v) is 1.79. The zero-order chi connectivity index (χ0) is 13.5. The molecule has 1 N–H and O–H groups in total. The molecule has 0 unspecified atom stereocenters. The molecule has 1 aromatic heterocycles. The highest BCUT2D eigenvalue weighted by Crippen LogP contribution is 2.16. The minimum absolute atomic E-state index is 0.0288. The number of amides is 1. The van der Waals surface area contributed by atoms with Crippen molar-refractivity contribution in [2.24, 2.45) is 0 Å². The standard InChI is InChI=1S/C15H16N2O2/c1-19-14-7-3-2-6-13(14)11-17-15(18)9-12-5-4-8-16-10-12/h2-8,10H,9,11H2,1H3,(H,17,18). The number of para-hydroxylation sites is 1. The lowest BCUT2D eigenvalue weighted by Crippen LogP contribution is -2.24. The van der Waals surface area contributed by atoms with Crippen molar-refractivity contribution in [2.45, 2.75) is 13.0 Å². The number of aromatic nitrogens is 1. The van der Waals surface area contributed by atoms with Gasteiger partial charge < -0.3 is 10.1 Å². The Hall–Kier alpha value is -2.36. The summed E-state index contributed by atoms with van der Waals surface area (Å²) in [6.45, 7) is 0.461. The lowest BCUT2D eigenvalue weighted by molar-refractivity contribution is -0.120. The minimum atomic E-state index is -0.0288. The third-order valence-corrected chi connectivity index (χ3v) is 2.76. The van der Waals surface area contributed by atoms with Gasteiger partial charge in [-0.05, 0) is 17.7 Å². The van der Waals surface area contributed by atoms with Gasteiger partial charge in [-0.3, -0.25) is 9.78 Å². The second-order valence-corrected chi connectivity index (χ2v) is 4.13. The SMILES string of the molecule is COc1ccccc1CNC(=O)Cc1cccnc1. The summed E-state index contributed by atoms with van der Waals surface area (Å²) >= 11 is 0. The fourth-order valence-electron chi connectivity index (χ4n) is 1.79. The molecule has 0 spiro atoms. The van der Waals surface area contributed by atoms with Gasteiger partial charge in [0.25, 0.3) is 0 Å². The number of carbonyl (C=O) groups is 1. The van der Waals surface area contributed by atoms with Crippen LogP contribution in [0.1, 0.15) is 11.1 Å². The molecular weight excluding hydrogens is 240 g/mol. The summed E-state index contributed by atoms with van der Waals surface area (Å²) in [5, 5.41) is 2.88. The molecule has 0 bridgehead atoms. The molecule has 0 aliphatic carbocycles. The minimum Gasteiger partial charge on any atom is -0.496 e. The number of pyridine rings is 1. The first kappa shape index (κ1) is 13.1. The maximum atomic E-state index is 11.8. The van der Waals surface area contributed by atoms with Crippen molar-refractivity contribution in [1.29, 1.82) is 0 Å². The van der Waals surface area contributed by atoms with Crippen LogP contribution in [0.4, 0.5) is 0 Å². The molecule has 0 aliphatic heterocycles. The third kappa shape index (κ3) is 3.81. The molecule has 1 amide bonds. The van der Waals surface area contributed by atoms with E-state index in [0.717, 1.165) is 16.9 Å². The third-order valence-electron chi connectivity index (χ3n) is 2.76.